The highest BCUT2D eigenvalue weighted by Crippen LogP contribution is 2.45. The standard InChI is InChI=1S/C33H22.C13H10.C10H8.7C2H6/c1-2-10-22(11-3-1)32-28-14-6-8-16-30(28)33(31-17-9-7-15-29(31)32)24-18-19-27-25(21-24)20-23-12-4-5-13-26(23)27;1-3-7-12-10(5-1)9-11-6-2-4-8-13(11)12;1-2-6-10-8-4-3-7-9(10)5-1;7*1-2/h1-19,21H,20H2;1-8H,9H2;1-8H;7*1-2H3. The molecule has 0 unspecified atom stereocenters. The molecular formula is C70H82. The molecule has 0 atom stereocenters. The van der Waals surface area contributed by atoms with Crippen LogP contribution in [0.3, 0.4) is 0 Å². The molecule has 0 N–H and O–H groups in total. The Balaban J connectivity index is 0.000000289. The lowest BCUT2D eigenvalue weighted by molar-refractivity contribution is 1.26. The van der Waals surface area contributed by atoms with E-state index in [9.17, 15) is 0 Å². The van der Waals surface area contributed by atoms with E-state index in [0.717, 1.165) is 12.8 Å². The highest BCUT2D eigenvalue weighted by Gasteiger charge is 2.21. The average molecular weight is 923 g/mol. The van der Waals surface area contributed by atoms with Gasteiger partial charge in [0.1, 0.15) is 0 Å². The summed E-state index contributed by atoms with van der Waals surface area (Å²) in [5.41, 5.74) is 16.6. The highest BCUT2D eigenvalue weighted by atomic mass is 14.2. The van der Waals surface area contributed by atoms with Crippen LogP contribution in [0.2, 0.25) is 0 Å². The summed E-state index contributed by atoms with van der Waals surface area (Å²) < 4.78 is 0. The lowest BCUT2D eigenvalue weighted by atomic mass is 9.85. The minimum Gasteiger partial charge on any atom is -0.0683 e. The third-order valence-corrected chi connectivity index (χ3v) is 11.4. The van der Waals surface area contributed by atoms with E-state index in [-0.39, 0.29) is 0 Å². The zero-order valence-corrected chi connectivity index (χ0v) is 45.2. The van der Waals surface area contributed by atoms with Crippen LogP contribution < -0.4 is 0 Å². The Labute approximate surface area is 425 Å². The maximum Gasteiger partial charge on any atom is -0.00132 e. The van der Waals surface area contributed by atoms with Crippen molar-refractivity contribution in [2.75, 3.05) is 0 Å². The van der Waals surface area contributed by atoms with E-state index in [4.69, 9.17) is 0 Å². The fourth-order valence-electron chi connectivity index (χ4n) is 8.87. The maximum absolute atomic E-state index is 2.42. The summed E-state index contributed by atoms with van der Waals surface area (Å²) in [5, 5.41) is 7.85. The van der Waals surface area contributed by atoms with Gasteiger partial charge in [0.05, 0.1) is 0 Å². The molecule has 0 aliphatic heterocycles. The fourth-order valence-corrected chi connectivity index (χ4v) is 8.87. The second-order valence-corrected chi connectivity index (χ2v) is 14.8. The summed E-state index contributed by atoms with van der Waals surface area (Å²) in [6, 6.07) is 78.4. The third kappa shape index (κ3) is 13.6. The quantitative estimate of drug-likeness (QED) is 0.152. The summed E-state index contributed by atoms with van der Waals surface area (Å²) >= 11 is 0. The van der Waals surface area contributed by atoms with Gasteiger partial charge in [-0.25, -0.2) is 0 Å². The Kier molecular flexibility index (Phi) is 26.1. The molecule has 0 saturated carbocycles. The van der Waals surface area contributed by atoms with E-state index in [2.05, 4.69) is 218 Å². The number of hydrogen-bond donors (Lipinski definition) is 0. The van der Waals surface area contributed by atoms with Crippen LogP contribution in [0.5, 0.6) is 0 Å². The summed E-state index contributed by atoms with van der Waals surface area (Å²) in [6.07, 6.45) is 2.11. The van der Waals surface area contributed by atoms with Crippen LogP contribution in [0.4, 0.5) is 0 Å². The predicted molar refractivity (Wildman–Crippen MR) is 319 cm³/mol. The Hall–Kier alpha value is -7.02. The van der Waals surface area contributed by atoms with Gasteiger partial charge in [-0.05, 0) is 112 Å². The first kappa shape index (κ1) is 57.3. The molecule has 0 amide bonds. The van der Waals surface area contributed by atoms with Gasteiger partial charge in [-0.15, -0.1) is 0 Å². The number of hydrogen-bond acceptors (Lipinski definition) is 0. The Bertz CT molecular complexity index is 2860. The zero-order valence-electron chi connectivity index (χ0n) is 45.2. The monoisotopic (exact) mass is 923 g/mol. The van der Waals surface area contributed by atoms with E-state index in [1.54, 1.807) is 0 Å². The van der Waals surface area contributed by atoms with Gasteiger partial charge in [-0.1, -0.05) is 315 Å². The van der Waals surface area contributed by atoms with Crippen molar-refractivity contribution in [3.05, 3.63) is 241 Å². The van der Waals surface area contributed by atoms with Crippen LogP contribution in [0.15, 0.2) is 218 Å². The number of benzene rings is 10. The maximum atomic E-state index is 2.42. The molecule has 0 radical (unpaired) electrons. The normalized spacial score (nSPS) is 10.0. The van der Waals surface area contributed by atoms with Crippen molar-refractivity contribution >= 4 is 32.3 Å². The molecule has 70 heavy (non-hydrogen) atoms. The molecule has 10 aromatic rings. The van der Waals surface area contributed by atoms with Crippen LogP contribution in [0, 0.1) is 0 Å². The smallest absolute Gasteiger partial charge is 0.00132 e. The van der Waals surface area contributed by atoms with Gasteiger partial charge < -0.3 is 0 Å². The molecule has 362 valence electrons. The lowest BCUT2D eigenvalue weighted by Crippen LogP contribution is -1.91. The number of fused-ring (bicyclic) bond motifs is 9. The Morgan fingerprint density at radius 1 is 0.214 bits per heavy atom. The highest BCUT2D eigenvalue weighted by molar-refractivity contribution is 6.21. The summed E-state index contributed by atoms with van der Waals surface area (Å²) in [7, 11) is 0. The molecule has 0 bridgehead atoms. The molecule has 10 aromatic carbocycles. The van der Waals surface area contributed by atoms with E-state index < -0.39 is 0 Å². The van der Waals surface area contributed by atoms with Crippen molar-refractivity contribution in [2.45, 2.75) is 110 Å². The molecule has 0 aromatic heterocycles. The summed E-state index contributed by atoms with van der Waals surface area (Å²) in [5.74, 6) is 0. The lowest BCUT2D eigenvalue weighted by Gasteiger charge is -2.18. The minimum atomic E-state index is 1.01. The molecule has 0 fully saturated rings. The van der Waals surface area contributed by atoms with Gasteiger partial charge in [0.2, 0.25) is 0 Å². The molecule has 0 spiro atoms. The first-order valence-corrected chi connectivity index (χ1v) is 26.6. The van der Waals surface area contributed by atoms with Crippen LogP contribution in [0.25, 0.3) is 76.8 Å². The molecule has 12 rings (SSSR count). The van der Waals surface area contributed by atoms with Crippen molar-refractivity contribution in [2.24, 2.45) is 0 Å². The van der Waals surface area contributed by atoms with Crippen molar-refractivity contribution in [1.29, 1.82) is 0 Å². The summed E-state index contributed by atoms with van der Waals surface area (Å²) in [6.45, 7) is 28.0. The largest absolute Gasteiger partial charge is 0.0683 e. The van der Waals surface area contributed by atoms with Crippen molar-refractivity contribution in [3.63, 3.8) is 0 Å². The fraction of sp³-hybridized carbons (Fsp3) is 0.229. The SMILES string of the molecule is CC.CC.CC.CC.CC.CC.CC.c1ccc(-c2c3ccccc3c(-c3ccc4c(c3)Cc3ccccc3-4)c3ccccc23)cc1.c1ccc2c(c1)Cc1ccccc1-2.c1ccc2ccccc2c1. The zero-order chi connectivity index (χ0) is 51.3. The van der Waals surface area contributed by atoms with Crippen LogP contribution in [-0.4, -0.2) is 0 Å². The third-order valence-electron chi connectivity index (χ3n) is 11.4. The average Bonchev–Trinajstić information content (AvgIpc) is 4.05. The van der Waals surface area contributed by atoms with Crippen LogP contribution >= 0.6 is 0 Å². The van der Waals surface area contributed by atoms with E-state index in [1.807, 2.05) is 96.9 Å². The topological polar surface area (TPSA) is 0 Å². The molecule has 2 aliphatic carbocycles. The van der Waals surface area contributed by atoms with Crippen molar-refractivity contribution in [1.82, 2.24) is 0 Å². The molecule has 0 heterocycles. The van der Waals surface area contributed by atoms with Gasteiger partial charge >= 0.3 is 0 Å². The Morgan fingerprint density at radius 2 is 0.486 bits per heavy atom. The second-order valence-electron chi connectivity index (χ2n) is 14.8. The molecule has 0 heteroatoms. The molecule has 2 aliphatic rings. The van der Waals surface area contributed by atoms with E-state index >= 15 is 0 Å². The van der Waals surface area contributed by atoms with Gasteiger partial charge in [-0.2, -0.15) is 0 Å². The van der Waals surface area contributed by atoms with Crippen molar-refractivity contribution in [3.8, 4) is 44.5 Å². The van der Waals surface area contributed by atoms with Crippen molar-refractivity contribution < 1.29 is 0 Å². The van der Waals surface area contributed by atoms with E-state index in [1.165, 1.54) is 99.1 Å². The van der Waals surface area contributed by atoms with E-state index in [0.29, 0.717) is 0 Å². The van der Waals surface area contributed by atoms with Gasteiger partial charge in [0.25, 0.3) is 0 Å². The molecular weight excluding hydrogens is 841 g/mol. The predicted octanol–water partition coefficient (Wildman–Crippen LogP) is 22.2. The molecule has 0 nitrogen and oxygen atoms in total. The molecule has 0 saturated heterocycles. The van der Waals surface area contributed by atoms with Gasteiger partial charge in [0.15, 0.2) is 0 Å². The van der Waals surface area contributed by atoms with Gasteiger partial charge in [-0.3, -0.25) is 0 Å². The number of rotatable bonds is 2. The summed E-state index contributed by atoms with van der Waals surface area (Å²) in [4.78, 5) is 0. The van der Waals surface area contributed by atoms with Crippen LogP contribution in [0.1, 0.15) is 119 Å². The first-order valence-electron chi connectivity index (χ1n) is 26.6. The first-order chi connectivity index (χ1) is 34.8. The van der Waals surface area contributed by atoms with Crippen LogP contribution in [-0.2, 0) is 12.8 Å². The second kappa shape index (κ2) is 31.9. The Morgan fingerprint density at radius 3 is 0.857 bits per heavy atom. The van der Waals surface area contributed by atoms with Gasteiger partial charge in [0, 0.05) is 0 Å². The minimum absolute atomic E-state index is 1.01.